The van der Waals surface area contributed by atoms with Crippen molar-refractivity contribution >= 4 is 11.6 Å². The van der Waals surface area contributed by atoms with Crippen molar-refractivity contribution in [2.75, 3.05) is 20.1 Å². The van der Waals surface area contributed by atoms with Crippen molar-refractivity contribution in [3.8, 4) is 0 Å². The van der Waals surface area contributed by atoms with Gasteiger partial charge in [0.25, 0.3) is 0 Å². The van der Waals surface area contributed by atoms with Gasteiger partial charge < -0.3 is 5.32 Å². The quantitative estimate of drug-likeness (QED) is 0.906. The zero-order chi connectivity index (χ0) is 14.0. The van der Waals surface area contributed by atoms with Gasteiger partial charge in [0.05, 0.1) is 0 Å². The molecule has 2 unspecified atom stereocenters. The molecule has 1 saturated heterocycles. The molecule has 0 bridgehead atoms. The fraction of sp³-hybridized carbons (Fsp3) is 0.625. The molecule has 1 aromatic rings. The third kappa shape index (κ3) is 3.50. The fourth-order valence-corrected chi connectivity index (χ4v) is 3.14. The summed E-state index contributed by atoms with van der Waals surface area (Å²) in [7, 11) is 2.22. The maximum Gasteiger partial charge on any atom is 0.0438 e. The van der Waals surface area contributed by atoms with Gasteiger partial charge in [-0.2, -0.15) is 0 Å². The third-order valence-electron chi connectivity index (χ3n) is 4.10. The predicted octanol–water partition coefficient (Wildman–Crippen LogP) is 3.64. The average molecular weight is 281 g/mol. The monoisotopic (exact) mass is 280 g/mol. The summed E-state index contributed by atoms with van der Waals surface area (Å²) in [5.74, 6) is 0.672. The molecule has 1 aliphatic heterocycles. The van der Waals surface area contributed by atoms with Crippen LogP contribution in [0.25, 0.3) is 0 Å². The molecule has 0 spiro atoms. The van der Waals surface area contributed by atoms with E-state index in [4.69, 9.17) is 11.6 Å². The summed E-state index contributed by atoms with van der Waals surface area (Å²) in [4.78, 5) is 2.45. The number of nitrogens with one attached hydrogen (secondary N) is 1. The van der Waals surface area contributed by atoms with Gasteiger partial charge in [0, 0.05) is 23.7 Å². The minimum absolute atomic E-state index is 0.490. The number of halogens is 1. The molecule has 2 nitrogen and oxygen atoms in total. The summed E-state index contributed by atoms with van der Waals surface area (Å²) < 4.78 is 0. The minimum atomic E-state index is 0.490. The lowest BCUT2D eigenvalue weighted by Gasteiger charge is -2.27. The summed E-state index contributed by atoms with van der Waals surface area (Å²) in [6.07, 6.45) is 1.26. The van der Waals surface area contributed by atoms with Crippen molar-refractivity contribution in [2.45, 2.75) is 39.3 Å². The number of hydrogen-bond acceptors (Lipinski definition) is 2. The van der Waals surface area contributed by atoms with Crippen LogP contribution in [0, 0.1) is 12.8 Å². The zero-order valence-corrected chi connectivity index (χ0v) is 13.2. The molecule has 1 N–H and O–H groups in total. The van der Waals surface area contributed by atoms with Crippen LogP contribution >= 0.6 is 11.6 Å². The topological polar surface area (TPSA) is 15.3 Å². The molecular weight excluding hydrogens is 256 g/mol. The first-order valence-corrected chi connectivity index (χ1v) is 7.56. The number of nitrogens with zero attached hydrogens (tertiary/aromatic N) is 1. The number of benzene rings is 1. The van der Waals surface area contributed by atoms with Crippen molar-refractivity contribution in [1.29, 1.82) is 0 Å². The van der Waals surface area contributed by atoms with Gasteiger partial charge in [-0.3, -0.25) is 4.90 Å². The Labute approximate surface area is 122 Å². The second kappa shape index (κ2) is 6.25. The summed E-state index contributed by atoms with van der Waals surface area (Å²) in [6.45, 7) is 8.72. The minimum Gasteiger partial charge on any atom is -0.314 e. The van der Waals surface area contributed by atoms with Gasteiger partial charge >= 0.3 is 0 Å². The number of hydrogen-bond donors (Lipinski definition) is 1. The molecule has 2 atom stereocenters. The lowest BCUT2D eigenvalue weighted by atomic mass is 9.93. The van der Waals surface area contributed by atoms with E-state index >= 15 is 0 Å². The van der Waals surface area contributed by atoms with Gasteiger partial charge in [0.15, 0.2) is 0 Å². The van der Waals surface area contributed by atoms with E-state index in [2.05, 4.69) is 56.2 Å². The molecule has 0 saturated carbocycles. The van der Waals surface area contributed by atoms with E-state index in [9.17, 15) is 0 Å². The van der Waals surface area contributed by atoms with Crippen LogP contribution in [0.2, 0.25) is 5.02 Å². The number of rotatable bonds is 4. The molecule has 1 fully saturated rings. The van der Waals surface area contributed by atoms with Crippen molar-refractivity contribution in [2.24, 2.45) is 5.92 Å². The molecular formula is C16H25ClN2. The van der Waals surface area contributed by atoms with Gasteiger partial charge in [0.1, 0.15) is 0 Å². The highest BCUT2D eigenvalue weighted by Crippen LogP contribution is 2.37. The fourth-order valence-electron chi connectivity index (χ4n) is 2.95. The first kappa shape index (κ1) is 14.8. The Morgan fingerprint density at radius 3 is 2.79 bits per heavy atom. The van der Waals surface area contributed by atoms with Crippen molar-refractivity contribution < 1.29 is 0 Å². The Kier molecular flexibility index (Phi) is 4.88. The highest BCUT2D eigenvalue weighted by Gasteiger charge is 2.32. The van der Waals surface area contributed by atoms with Crippen molar-refractivity contribution in [3.63, 3.8) is 0 Å². The van der Waals surface area contributed by atoms with E-state index in [0.717, 1.165) is 17.1 Å². The van der Waals surface area contributed by atoms with E-state index < -0.39 is 0 Å². The molecule has 0 radical (unpaired) electrons. The Bertz CT molecular complexity index is 431. The van der Waals surface area contributed by atoms with Crippen LogP contribution < -0.4 is 5.32 Å². The molecule has 2 rings (SSSR count). The lowest BCUT2D eigenvalue weighted by Crippen LogP contribution is -2.32. The second-order valence-electron chi connectivity index (χ2n) is 6.05. The molecule has 106 valence electrons. The van der Waals surface area contributed by atoms with Gasteiger partial charge in [-0.25, -0.2) is 0 Å². The summed E-state index contributed by atoms with van der Waals surface area (Å²) in [5, 5.41) is 4.46. The molecule has 3 heteroatoms. The van der Waals surface area contributed by atoms with Crippen LogP contribution in [0.3, 0.4) is 0 Å². The van der Waals surface area contributed by atoms with Crippen LogP contribution in [0.4, 0.5) is 0 Å². The first-order valence-electron chi connectivity index (χ1n) is 7.18. The van der Waals surface area contributed by atoms with Gasteiger partial charge in [-0.15, -0.1) is 0 Å². The van der Waals surface area contributed by atoms with Gasteiger partial charge in [-0.1, -0.05) is 37.6 Å². The maximum absolute atomic E-state index is 6.28. The predicted molar refractivity (Wildman–Crippen MR) is 82.8 cm³/mol. The van der Waals surface area contributed by atoms with Crippen molar-refractivity contribution in [3.05, 3.63) is 34.3 Å². The normalized spacial score (nSPS) is 24.3. The van der Waals surface area contributed by atoms with Crippen molar-refractivity contribution in [1.82, 2.24) is 10.2 Å². The molecule has 19 heavy (non-hydrogen) atoms. The molecule has 1 heterocycles. The summed E-state index contributed by atoms with van der Waals surface area (Å²) in [5.41, 5.74) is 2.51. The summed E-state index contributed by atoms with van der Waals surface area (Å²) in [6, 6.07) is 7.55. The standard InChI is InChI=1S/C16H25ClN2/c1-11(2)18-10-14-7-8-19(4)16(14)13-6-5-12(3)15(17)9-13/h5-6,9,11,14,16,18H,7-8,10H2,1-4H3. The highest BCUT2D eigenvalue weighted by molar-refractivity contribution is 6.31. The maximum atomic E-state index is 6.28. The van der Waals surface area contributed by atoms with E-state index in [1.54, 1.807) is 0 Å². The lowest BCUT2D eigenvalue weighted by molar-refractivity contribution is 0.269. The third-order valence-corrected chi connectivity index (χ3v) is 4.51. The molecule has 0 amide bonds. The van der Waals surface area contributed by atoms with Crippen LogP contribution in [0.5, 0.6) is 0 Å². The Balaban J connectivity index is 2.16. The molecule has 0 aromatic heterocycles. The SMILES string of the molecule is Cc1ccc(C2C(CNC(C)C)CCN2C)cc1Cl. The smallest absolute Gasteiger partial charge is 0.0438 e. The first-order chi connectivity index (χ1) is 8.99. The summed E-state index contributed by atoms with van der Waals surface area (Å²) >= 11 is 6.28. The molecule has 1 aromatic carbocycles. The Morgan fingerprint density at radius 2 is 2.16 bits per heavy atom. The zero-order valence-electron chi connectivity index (χ0n) is 12.4. The number of likely N-dealkylation sites (tertiary alicyclic amines) is 1. The largest absolute Gasteiger partial charge is 0.314 e. The highest BCUT2D eigenvalue weighted by atomic mass is 35.5. The van der Waals surface area contributed by atoms with Crippen LogP contribution in [-0.2, 0) is 0 Å². The van der Waals surface area contributed by atoms with Crippen LogP contribution in [0.1, 0.15) is 37.4 Å². The second-order valence-corrected chi connectivity index (χ2v) is 6.45. The average Bonchev–Trinajstić information content (AvgIpc) is 2.71. The van der Waals surface area contributed by atoms with E-state index in [1.165, 1.54) is 18.5 Å². The molecule has 1 aliphatic rings. The van der Waals surface area contributed by atoms with Gasteiger partial charge in [0.2, 0.25) is 0 Å². The van der Waals surface area contributed by atoms with E-state index in [0.29, 0.717) is 18.0 Å². The molecule has 0 aliphatic carbocycles. The van der Waals surface area contributed by atoms with E-state index in [-0.39, 0.29) is 0 Å². The Morgan fingerprint density at radius 1 is 1.42 bits per heavy atom. The number of aryl methyl sites for hydroxylation is 1. The van der Waals surface area contributed by atoms with Crippen LogP contribution in [0.15, 0.2) is 18.2 Å². The van der Waals surface area contributed by atoms with E-state index in [1.807, 2.05) is 0 Å². The van der Waals surface area contributed by atoms with Crippen LogP contribution in [-0.4, -0.2) is 31.1 Å². The van der Waals surface area contributed by atoms with Gasteiger partial charge in [-0.05, 0) is 50.0 Å². The Hall–Kier alpha value is -0.570.